The van der Waals surface area contributed by atoms with Crippen LogP contribution in [0.4, 0.5) is 11.6 Å². The van der Waals surface area contributed by atoms with E-state index in [0.29, 0.717) is 54.1 Å². The van der Waals surface area contributed by atoms with E-state index >= 15 is 0 Å². The van der Waals surface area contributed by atoms with Crippen molar-refractivity contribution in [1.29, 1.82) is 0 Å². The van der Waals surface area contributed by atoms with Gasteiger partial charge in [-0.05, 0) is 75.9 Å². The van der Waals surface area contributed by atoms with E-state index in [-0.39, 0.29) is 22.7 Å². The first-order valence-electron chi connectivity index (χ1n) is 14.1. The van der Waals surface area contributed by atoms with Crippen molar-refractivity contribution >= 4 is 39.2 Å². The Morgan fingerprint density at radius 1 is 1.14 bits per heavy atom. The number of ether oxygens (including phenoxy) is 1. The van der Waals surface area contributed by atoms with Gasteiger partial charge in [-0.15, -0.1) is 12.3 Å². The van der Waals surface area contributed by atoms with E-state index in [1.54, 1.807) is 30.3 Å². The van der Waals surface area contributed by atoms with Gasteiger partial charge in [0.05, 0.1) is 22.9 Å². The molecule has 2 N–H and O–H groups in total. The van der Waals surface area contributed by atoms with Crippen LogP contribution in [0.25, 0.3) is 11.3 Å². The Balaban J connectivity index is 1.66. The Hall–Kier alpha value is -3.81. The maximum atomic E-state index is 13.6. The van der Waals surface area contributed by atoms with Gasteiger partial charge in [-0.1, -0.05) is 30.7 Å². The number of anilines is 2. The molecule has 9 nitrogen and oxygen atoms in total. The number of amides is 1. The first-order chi connectivity index (χ1) is 20.1. The molecule has 0 radical (unpaired) electrons. The lowest BCUT2D eigenvalue weighted by Gasteiger charge is -2.29. The normalized spacial score (nSPS) is 16.6. The van der Waals surface area contributed by atoms with E-state index < -0.39 is 15.9 Å². The molecule has 1 fully saturated rings. The van der Waals surface area contributed by atoms with Gasteiger partial charge in [-0.25, -0.2) is 14.7 Å². The van der Waals surface area contributed by atoms with Gasteiger partial charge in [0.1, 0.15) is 17.4 Å². The zero-order valence-electron chi connectivity index (χ0n) is 24.1. The van der Waals surface area contributed by atoms with Crippen LogP contribution in [0.15, 0.2) is 53.6 Å². The number of sulfonamides is 1. The summed E-state index contributed by atoms with van der Waals surface area (Å²) in [5.41, 5.74) is 1.53. The SMILES string of the molecule is C#CCCCNc1cccc(S(=O)(=O)NC(=O)c2ccc(-c3ccc(Cl)c(OCCC)c3)nc2N2[C@H](C)CC[C@@H]2C)n1. The molecule has 0 spiro atoms. The van der Waals surface area contributed by atoms with Crippen LogP contribution in [0, 0.1) is 12.3 Å². The molecule has 42 heavy (non-hydrogen) atoms. The minimum atomic E-state index is -4.27. The predicted octanol–water partition coefficient (Wildman–Crippen LogP) is 5.91. The first kappa shape index (κ1) is 31.1. The molecule has 2 aromatic heterocycles. The van der Waals surface area contributed by atoms with E-state index in [1.165, 1.54) is 6.07 Å². The third kappa shape index (κ3) is 7.33. The molecular formula is C31H36ClN5O4S. The summed E-state index contributed by atoms with van der Waals surface area (Å²) in [5.74, 6) is 3.12. The largest absolute Gasteiger partial charge is 0.492 e. The molecule has 4 rings (SSSR count). The van der Waals surface area contributed by atoms with Gasteiger partial charge >= 0.3 is 0 Å². The van der Waals surface area contributed by atoms with Gasteiger partial charge in [0.25, 0.3) is 15.9 Å². The predicted molar refractivity (Wildman–Crippen MR) is 167 cm³/mol. The lowest BCUT2D eigenvalue weighted by atomic mass is 10.1. The summed E-state index contributed by atoms with van der Waals surface area (Å²) < 4.78 is 34.5. The number of hydrogen-bond acceptors (Lipinski definition) is 8. The number of pyridine rings is 2. The van der Waals surface area contributed by atoms with Gasteiger partial charge in [-0.3, -0.25) is 4.79 Å². The van der Waals surface area contributed by atoms with Crippen molar-refractivity contribution in [3.63, 3.8) is 0 Å². The maximum absolute atomic E-state index is 13.6. The van der Waals surface area contributed by atoms with Crippen molar-refractivity contribution in [2.75, 3.05) is 23.4 Å². The number of halogens is 1. The summed E-state index contributed by atoms with van der Waals surface area (Å²) in [6.45, 7) is 7.22. The molecule has 1 amide bonds. The Kier molecular flexibility index (Phi) is 10.3. The van der Waals surface area contributed by atoms with E-state index in [4.69, 9.17) is 27.7 Å². The van der Waals surface area contributed by atoms with Crippen LogP contribution >= 0.6 is 11.6 Å². The fourth-order valence-corrected chi connectivity index (χ4v) is 5.99. The number of rotatable bonds is 12. The van der Waals surface area contributed by atoms with Gasteiger partial charge in [0.15, 0.2) is 5.03 Å². The van der Waals surface area contributed by atoms with Crippen LogP contribution in [0.2, 0.25) is 5.02 Å². The van der Waals surface area contributed by atoms with Crippen molar-refractivity contribution in [3.05, 3.63) is 59.1 Å². The smallest absolute Gasteiger partial charge is 0.281 e. The highest BCUT2D eigenvalue weighted by Gasteiger charge is 2.33. The van der Waals surface area contributed by atoms with Crippen LogP contribution in [-0.4, -0.2) is 49.5 Å². The fraction of sp³-hybridized carbons (Fsp3) is 0.387. The summed E-state index contributed by atoms with van der Waals surface area (Å²) in [7, 11) is -4.27. The number of nitrogens with zero attached hydrogens (tertiary/aromatic N) is 3. The number of nitrogens with one attached hydrogen (secondary N) is 2. The molecule has 3 heterocycles. The highest BCUT2D eigenvalue weighted by molar-refractivity contribution is 7.90. The number of unbranched alkanes of at least 4 members (excludes halogenated alkanes) is 1. The van der Waals surface area contributed by atoms with Crippen molar-refractivity contribution < 1.29 is 17.9 Å². The summed E-state index contributed by atoms with van der Waals surface area (Å²) >= 11 is 6.34. The molecule has 0 unspecified atom stereocenters. The lowest BCUT2D eigenvalue weighted by molar-refractivity contribution is 0.0981. The van der Waals surface area contributed by atoms with Crippen molar-refractivity contribution in [3.8, 4) is 29.4 Å². The second-order valence-electron chi connectivity index (χ2n) is 10.3. The number of carbonyl (C=O) groups excluding carboxylic acids is 1. The summed E-state index contributed by atoms with van der Waals surface area (Å²) in [6.07, 6.45) is 9.28. The van der Waals surface area contributed by atoms with Gasteiger partial charge in [-0.2, -0.15) is 8.42 Å². The minimum Gasteiger partial charge on any atom is -0.492 e. The van der Waals surface area contributed by atoms with E-state index in [9.17, 15) is 13.2 Å². The third-order valence-electron chi connectivity index (χ3n) is 7.03. The van der Waals surface area contributed by atoms with Crippen LogP contribution in [0.5, 0.6) is 5.75 Å². The first-order valence-corrected chi connectivity index (χ1v) is 15.9. The van der Waals surface area contributed by atoms with Crippen LogP contribution in [0.1, 0.15) is 63.2 Å². The molecule has 1 saturated heterocycles. The van der Waals surface area contributed by atoms with Gasteiger partial charge < -0.3 is 15.0 Å². The Labute approximate surface area is 253 Å². The molecular weight excluding hydrogens is 574 g/mol. The topological polar surface area (TPSA) is 114 Å². The monoisotopic (exact) mass is 609 g/mol. The van der Waals surface area contributed by atoms with Crippen LogP contribution < -0.4 is 19.7 Å². The molecule has 11 heteroatoms. The van der Waals surface area contributed by atoms with Crippen molar-refractivity contribution in [2.24, 2.45) is 0 Å². The highest BCUT2D eigenvalue weighted by Crippen LogP contribution is 2.35. The second kappa shape index (κ2) is 13.9. The molecule has 1 aliphatic heterocycles. The van der Waals surface area contributed by atoms with E-state index in [0.717, 1.165) is 24.8 Å². The molecule has 0 aliphatic carbocycles. The molecule has 222 valence electrons. The quantitative estimate of drug-likeness (QED) is 0.193. The fourth-order valence-electron chi connectivity index (χ4n) is 4.88. The molecule has 1 aliphatic rings. The molecule has 0 saturated carbocycles. The van der Waals surface area contributed by atoms with E-state index in [1.807, 2.05) is 19.1 Å². The van der Waals surface area contributed by atoms with Crippen molar-refractivity contribution in [1.82, 2.24) is 14.7 Å². The third-order valence-corrected chi connectivity index (χ3v) is 8.58. The molecule has 3 aromatic rings. The average Bonchev–Trinajstić information content (AvgIpc) is 3.31. The number of carbonyl (C=O) groups is 1. The number of benzene rings is 1. The zero-order chi connectivity index (χ0) is 30.3. The Morgan fingerprint density at radius 2 is 1.90 bits per heavy atom. The summed E-state index contributed by atoms with van der Waals surface area (Å²) in [6, 6.07) is 13.5. The molecule has 1 aromatic carbocycles. The number of aromatic nitrogens is 2. The summed E-state index contributed by atoms with van der Waals surface area (Å²) in [5, 5.41) is 3.28. The van der Waals surface area contributed by atoms with Crippen molar-refractivity contribution in [2.45, 2.75) is 70.0 Å². The molecule has 2 atom stereocenters. The average molecular weight is 610 g/mol. The zero-order valence-corrected chi connectivity index (χ0v) is 25.6. The number of hydrogen-bond donors (Lipinski definition) is 2. The Morgan fingerprint density at radius 3 is 2.62 bits per heavy atom. The van der Waals surface area contributed by atoms with Crippen LogP contribution in [-0.2, 0) is 10.0 Å². The second-order valence-corrected chi connectivity index (χ2v) is 12.3. The van der Waals surface area contributed by atoms with E-state index in [2.05, 4.69) is 39.7 Å². The summed E-state index contributed by atoms with van der Waals surface area (Å²) in [4.78, 5) is 24.7. The number of terminal acetylenes is 1. The molecule has 0 bridgehead atoms. The minimum absolute atomic E-state index is 0.110. The van der Waals surface area contributed by atoms with Crippen LogP contribution in [0.3, 0.4) is 0 Å². The highest BCUT2D eigenvalue weighted by atomic mass is 35.5. The lowest BCUT2D eigenvalue weighted by Crippen LogP contribution is -2.37. The van der Waals surface area contributed by atoms with Gasteiger partial charge in [0.2, 0.25) is 0 Å². The van der Waals surface area contributed by atoms with Gasteiger partial charge in [0, 0.05) is 30.6 Å². The standard InChI is InChI=1S/C31H36ClN5O4S/c1-5-7-8-18-33-28-10-9-11-29(35-28)42(39,40)36-31(38)24-15-17-26(34-30(24)37-21(3)12-13-22(37)4)23-14-16-25(32)27(20-23)41-19-6-2/h1,9-11,14-17,20-22H,6-8,12-13,18-19H2,2-4H3,(H,33,35)(H,36,38)/t21-,22+. The Bertz CT molecular complexity index is 1560. The maximum Gasteiger partial charge on any atom is 0.281 e.